The molecule has 4 rings (SSSR count). The van der Waals surface area contributed by atoms with Crippen LogP contribution in [0.15, 0.2) is 60.7 Å². The number of aromatic carboxylic acids is 2. The number of rotatable bonds is 5. The molecular formula is C28H30N2O7. The molecule has 0 fully saturated rings. The summed E-state index contributed by atoms with van der Waals surface area (Å²) in [6, 6.07) is 16.5. The van der Waals surface area contributed by atoms with Gasteiger partial charge in [-0.05, 0) is 39.2 Å². The third-order valence-electron chi connectivity index (χ3n) is 5.26. The molecule has 9 nitrogen and oxygen atoms in total. The maximum absolute atomic E-state index is 12.9. The van der Waals surface area contributed by atoms with Crippen molar-refractivity contribution in [2.45, 2.75) is 6.42 Å². The highest BCUT2D eigenvalue weighted by Crippen LogP contribution is 2.37. The molecule has 0 aliphatic rings. The van der Waals surface area contributed by atoms with E-state index in [4.69, 9.17) is 0 Å². The van der Waals surface area contributed by atoms with Crippen LogP contribution in [-0.2, 0) is 11.2 Å². The molecule has 0 aliphatic carbocycles. The van der Waals surface area contributed by atoms with Gasteiger partial charge in [0.25, 0.3) is 0 Å². The summed E-state index contributed by atoms with van der Waals surface area (Å²) in [6.45, 7) is 0. The van der Waals surface area contributed by atoms with Gasteiger partial charge in [-0.15, -0.1) is 0 Å². The molecule has 4 aromatic rings. The van der Waals surface area contributed by atoms with Crippen LogP contribution in [0.25, 0.3) is 21.5 Å². The molecular weight excluding hydrogens is 476 g/mol. The Kier molecular flexibility index (Phi) is 9.97. The van der Waals surface area contributed by atoms with Crippen molar-refractivity contribution in [3.8, 4) is 11.5 Å². The number of hydrogen-bond acceptors (Lipinski definition) is 5. The number of aromatic hydroxyl groups is 1. The summed E-state index contributed by atoms with van der Waals surface area (Å²) in [7, 11) is 7.38. The molecule has 1 amide bonds. The zero-order valence-electron chi connectivity index (χ0n) is 21.1. The van der Waals surface area contributed by atoms with Crippen molar-refractivity contribution in [2.75, 3.05) is 28.2 Å². The van der Waals surface area contributed by atoms with Crippen molar-refractivity contribution in [3.63, 3.8) is 0 Å². The molecule has 4 aromatic carbocycles. The predicted octanol–water partition coefficient (Wildman–Crippen LogP) is 2.27. The van der Waals surface area contributed by atoms with Gasteiger partial charge in [-0.2, -0.15) is 0 Å². The van der Waals surface area contributed by atoms with Crippen LogP contribution >= 0.6 is 0 Å². The second kappa shape index (κ2) is 12.9. The molecule has 0 unspecified atom stereocenters. The summed E-state index contributed by atoms with van der Waals surface area (Å²) in [5.41, 5.74) is -0.171. The zero-order chi connectivity index (χ0) is 27.7. The van der Waals surface area contributed by atoms with Crippen LogP contribution in [0.2, 0.25) is 0 Å². The Morgan fingerprint density at radius 3 is 1.70 bits per heavy atom. The van der Waals surface area contributed by atoms with Crippen molar-refractivity contribution in [2.24, 2.45) is 0 Å². The molecule has 0 radical (unpaired) electrons. The molecule has 0 bridgehead atoms. The monoisotopic (exact) mass is 506 g/mol. The highest BCUT2D eigenvalue weighted by atomic mass is 16.4. The minimum Gasteiger partial charge on any atom is -0.872 e. The van der Waals surface area contributed by atoms with Crippen LogP contribution in [0.3, 0.4) is 0 Å². The summed E-state index contributed by atoms with van der Waals surface area (Å²) in [5.74, 6) is -3.71. The first kappa shape index (κ1) is 28.6. The lowest BCUT2D eigenvalue weighted by molar-refractivity contribution is -0.597. The lowest BCUT2D eigenvalue weighted by Crippen LogP contribution is -2.74. The van der Waals surface area contributed by atoms with E-state index in [2.05, 4.69) is 0 Å². The highest BCUT2D eigenvalue weighted by molar-refractivity contribution is 6.02. The summed E-state index contributed by atoms with van der Waals surface area (Å²) in [4.78, 5) is 34.0. The number of carboxylic acid groups (broad SMARTS) is 2. The minimum absolute atomic E-state index is 0.103. The number of carboxylic acids is 2. The summed E-state index contributed by atoms with van der Waals surface area (Å²) in [6.07, 6.45) is 0.647. The summed E-state index contributed by atoms with van der Waals surface area (Å²) >= 11 is 0. The molecule has 9 heteroatoms. The smallest absolute Gasteiger partial charge is 0.339 e. The third kappa shape index (κ3) is 6.74. The molecule has 0 aliphatic heterocycles. The SMILES string of the molecule is CN(C)C=O.C[NH2+]C.O=C(O)c1cc2ccccc2c(Cc2c(O)c(C(=O)O)cc3ccccc23)c1[O-]. The molecule has 0 atom stereocenters. The number of benzene rings is 4. The van der Waals surface area contributed by atoms with Gasteiger partial charge in [0.05, 0.1) is 19.7 Å². The van der Waals surface area contributed by atoms with Crippen molar-refractivity contribution in [1.82, 2.24) is 4.90 Å². The van der Waals surface area contributed by atoms with Crippen LogP contribution in [-0.4, -0.2) is 66.8 Å². The normalized spacial score (nSPS) is 10.1. The van der Waals surface area contributed by atoms with E-state index in [1.165, 1.54) is 17.0 Å². The summed E-state index contributed by atoms with van der Waals surface area (Å²) in [5, 5.41) is 46.8. The Morgan fingerprint density at radius 1 is 0.865 bits per heavy atom. The van der Waals surface area contributed by atoms with Gasteiger partial charge in [-0.3, -0.25) is 4.79 Å². The first-order valence-corrected chi connectivity index (χ1v) is 11.3. The van der Waals surface area contributed by atoms with E-state index in [9.17, 15) is 34.8 Å². The first-order chi connectivity index (χ1) is 17.6. The Hall–Kier alpha value is -4.63. The Balaban J connectivity index is 0.000000530. The molecule has 0 heterocycles. The van der Waals surface area contributed by atoms with Gasteiger partial charge in [0, 0.05) is 26.1 Å². The number of nitrogens with zero attached hydrogens (tertiary/aromatic N) is 1. The van der Waals surface area contributed by atoms with Crippen molar-refractivity contribution in [1.29, 1.82) is 0 Å². The van der Waals surface area contributed by atoms with E-state index < -0.39 is 23.4 Å². The zero-order valence-corrected chi connectivity index (χ0v) is 21.1. The highest BCUT2D eigenvalue weighted by Gasteiger charge is 2.20. The molecule has 37 heavy (non-hydrogen) atoms. The lowest BCUT2D eigenvalue weighted by Gasteiger charge is -2.21. The number of amides is 1. The van der Waals surface area contributed by atoms with Gasteiger partial charge >= 0.3 is 11.9 Å². The van der Waals surface area contributed by atoms with E-state index in [-0.39, 0.29) is 28.7 Å². The number of carbonyl (C=O) groups is 3. The number of quaternary nitrogens is 1. The van der Waals surface area contributed by atoms with Crippen LogP contribution in [0.4, 0.5) is 0 Å². The van der Waals surface area contributed by atoms with Gasteiger partial charge in [-0.25, -0.2) is 9.59 Å². The van der Waals surface area contributed by atoms with Gasteiger partial charge in [0.2, 0.25) is 6.41 Å². The van der Waals surface area contributed by atoms with Gasteiger partial charge in [0.15, 0.2) is 0 Å². The van der Waals surface area contributed by atoms with E-state index in [0.717, 1.165) is 6.41 Å². The van der Waals surface area contributed by atoms with E-state index in [1.807, 2.05) is 19.4 Å². The van der Waals surface area contributed by atoms with Gasteiger partial charge < -0.3 is 30.6 Å². The van der Waals surface area contributed by atoms with Crippen LogP contribution in [0.1, 0.15) is 31.8 Å². The standard InChI is InChI=1S/C23H16O6.C3H7NO.C2H7N/c24-20-16(14-7-3-1-5-12(14)9-18(20)22(26)27)11-17-15-8-4-2-6-13(15)10-19(21(17)25)23(28)29;1-4(2)3-5;1-3-2/h1-10,24-25H,11H2,(H,26,27)(H,28,29);3H,1-2H3;3H,1-2H3. The second-order valence-corrected chi connectivity index (χ2v) is 8.36. The third-order valence-corrected chi connectivity index (χ3v) is 5.26. The second-order valence-electron chi connectivity index (χ2n) is 8.36. The molecule has 0 saturated heterocycles. The molecule has 5 N–H and O–H groups in total. The predicted molar refractivity (Wildman–Crippen MR) is 139 cm³/mol. The van der Waals surface area contributed by atoms with Gasteiger partial charge in [-0.1, -0.05) is 54.3 Å². The Morgan fingerprint density at radius 2 is 1.27 bits per heavy atom. The molecule has 194 valence electrons. The van der Waals surface area contributed by atoms with E-state index in [0.29, 0.717) is 21.5 Å². The number of carbonyl (C=O) groups excluding carboxylic acids is 1. The Bertz CT molecular complexity index is 1330. The number of phenols is 1. The number of nitrogens with two attached hydrogens (primary N) is 1. The lowest BCUT2D eigenvalue weighted by atomic mass is 9.90. The average molecular weight is 507 g/mol. The molecule has 0 spiro atoms. The van der Waals surface area contributed by atoms with E-state index in [1.54, 1.807) is 62.6 Å². The molecule has 0 aromatic heterocycles. The summed E-state index contributed by atoms with van der Waals surface area (Å²) < 4.78 is 0. The maximum Gasteiger partial charge on any atom is 0.339 e. The minimum atomic E-state index is -1.34. The quantitative estimate of drug-likeness (QED) is 0.303. The largest absolute Gasteiger partial charge is 0.872 e. The van der Waals surface area contributed by atoms with Crippen molar-refractivity contribution in [3.05, 3.63) is 82.9 Å². The van der Waals surface area contributed by atoms with Crippen molar-refractivity contribution >= 4 is 39.9 Å². The average Bonchev–Trinajstić information content (AvgIpc) is 2.87. The number of hydrogen-bond donors (Lipinski definition) is 4. The van der Waals surface area contributed by atoms with Gasteiger partial charge in [0.1, 0.15) is 11.3 Å². The van der Waals surface area contributed by atoms with Crippen LogP contribution in [0, 0.1) is 0 Å². The van der Waals surface area contributed by atoms with Crippen molar-refractivity contribution < 1.29 is 40.1 Å². The van der Waals surface area contributed by atoms with Crippen LogP contribution < -0.4 is 10.4 Å². The fourth-order valence-corrected chi connectivity index (χ4v) is 3.67. The fourth-order valence-electron chi connectivity index (χ4n) is 3.67. The first-order valence-electron chi connectivity index (χ1n) is 11.3. The maximum atomic E-state index is 12.9. The topological polar surface area (TPSA) is 155 Å². The Labute approximate surface area is 214 Å². The fraction of sp³-hybridized carbons (Fsp3) is 0.179. The number of fused-ring (bicyclic) bond motifs is 2. The molecule has 0 saturated carbocycles. The van der Waals surface area contributed by atoms with Crippen LogP contribution in [0.5, 0.6) is 11.5 Å². The van der Waals surface area contributed by atoms with E-state index >= 15 is 0 Å².